The molecule has 0 aromatic heterocycles. The molecule has 2 aromatic carbocycles. The van der Waals surface area contributed by atoms with Gasteiger partial charge in [-0.25, -0.2) is 4.99 Å². The van der Waals surface area contributed by atoms with Crippen LogP contribution in [0.3, 0.4) is 0 Å². The van der Waals surface area contributed by atoms with Crippen LogP contribution in [0.1, 0.15) is 24.0 Å². The minimum absolute atomic E-state index is 0.0811. The number of fused-ring (bicyclic) bond motifs is 1. The molecule has 1 spiro atoms. The minimum atomic E-state index is -0.0811. The summed E-state index contributed by atoms with van der Waals surface area (Å²) in [5.74, 6) is 1.07. The van der Waals surface area contributed by atoms with Crippen molar-refractivity contribution in [1.82, 2.24) is 10.6 Å². The predicted molar refractivity (Wildman–Crippen MR) is 100 cm³/mol. The Morgan fingerprint density at radius 3 is 2.62 bits per heavy atom. The molecule has 0 amide bonds. The van der Waals surface area contributed by atoms with Crippen LogP contribution in [0.25, 0.3) is 0 Å². The smallest absolute Gasteiger partial charge is 0.128 e. The minimum Gasteiger partial charge on any atom is -0.371 e. The third kappa shape index (κ3) is 2.78. The van der Waals surface area contributed by atoms with Gasteiger partial charge in [-0.05, 0) is 56.1 Å². The molecule has 2 aliphatic heterocycles. The number of aliphatic imine (C=N–C) groups is 1. The van der Waals surface area contributed by atoms with Gasteiger partial charge in [0.2, 0.25) is 0 Å². The first-order chi connectivity index (χ1) is 11.8. The van der Waals surface area contributed by atoms with E-state index in [4.69, 9.17) is 4.99 Å². The number of anilines is 1. The van der Waals surface area contributed by atoms with E-state index in [1.807, 2.05) is 6.07 Å². The van der Waals surface area contributed by atoms with Crippen LogP contribution in [0.5, 0.6) is 0 Å². The molecule has 2 aromatic rings. The topological polar surface area (TPSA) is 48.5 Å². The van der Waals surface area contributed by atoms with Gasteiger partial charge in [-0.15, -0.1) is 0 Å². The van der Waals surface area contributed by atoms with Gasteiger partial charge < -0.3 is 16.0 Å². The molecule has 2 aliphatic rings. The largest absolute Gasteiger partial charge is 0.371 e. The summed E-state index contributed by atoms with van der Waals surface area (Å²) in [7, 11) is 0. The van der Waals surface area contributed by atoms with Crippen molar-refractivity contribution in [2.75, 3.05) is 18.4 Å². The van der Waals surface area contributed by atoms with Gasteiger partial charge >= 0.3 is 0 Å². The molecular formula is C20H24N4. The Labute approximate surface area is 143 Å². The maximum Gasteiger partial charge on any atom is 0.128 e. The number of hydrogen-bond acceptors (Lipinski definition) is 4. The molecule has 0 saturated carbocycles. The zero-order valence-electron chi connectivity index (χ0n) is 14.1. The van der Waals surface area contributed by atoms with E-state index >= 15 is 0 Å². The first-order valence-electron chi connectivity index (χ1n) is 8.72. The first kappa shape index (κ1) is 15.2. The Hall–Kier alpha value is -2.33. The summed E-state index contributed by atoms with van der Waals surface area (Å²) in [5, 5.41) is 10.9. The SMILES string of the molecule is Cc1ccccc1CNC1=Nc2ccccc2NC12CCNCC2. The van der Waals surface area contributed by atoms with Crippen molar-refractivity contribution < 1.29 is 0 Å². The van der Waals surface area contributed by atoms with E-state index < -0.39 is 0 Å². The molecular weight excluding hydrogens is 296 g/mol. The maximum absolute atomic E-state index is 4.98. The highest BCUT2D eigenvalue weighted by molar-refractivity contribution is 6.00. The second-order valence-corrected chi connectivity index (χ2v) is 6.71. The van der Waals surface area contributed by atoms with E-state index in [-0.39, 0.29) is 5.54 Å². The van der Waals surface area contributed by atoms with Crippen LogP contribution in [-0.4, -0.2) is 24.5 Å². The number of nitrogens with one attached hydrogen (secondary N) is 3. The highest BCUT2D eigenvalue weighted by Gasteiger charge is 2.40. The van der Waals surface area contributed by atoms with Gasteiger partial charge in [0.05, 0.1) is 16.9 Å². The maximum atomic E-state index is 4.98. The van der Waals surface area contributed by atoms with Gasteiger partial charge in [-0.3, -0.25) is 0 Å². The fraction of sp³-hybridized carbons (Fsp3) is 0.350. The van der Waals surface area contributed by atoms with Gasteiger partial charge in [-0.1, -0.05) is 36.4 Å². The van der Waals surface area contributed by atoms with Crippen LogP contribution >= 0.6 is 0 Å². The van der Waals surface area contributed by atoms with Crippen molar-refractivity contribution in [3.8, 4) is 0 Å². The van der Waals surface area contributed by atoms with E-state index in [9.17, 15) is 0 Å². The molecule has 4 nitrogen and oxygen atoms in total. The molecule has 4 heteroatoms. The van der Waals surface area contributed by atoms with Crippen LogP contribution in [0.2, 0.25) is 0 Å². The van der Waals surface area contributed by atoms with Gasteiger partial charge in [0.25, 0.3) is 0 Å². The van der Waals surface area contributed by atoms with E-state index in [0.717, 1.165) is 49.7 Å². The summed E-state index contributed by atoms with van der Waals surface area (Å²) < 4.78 is 0. The molecule has 24 heavy (non-hydrogen) atoms. The quantitative estimate of drug-likeness (QED) is 0.795. The average molecular weight is 320 g/mol. The molecule has 4 rings (SSSR count). The highest BCUT2D eigenvalue weighted by Crippen LogP contribution is 2.36. The molecule has 3 N–H and O–H groups in total. The standard InChI is InChI=1S/C20H24N4/c1-15-6-2-3-7-16(15)14-22-19-20(10-12-21-13-11-20)24-18-9-5-4-8-17(18)23-19/h2-9,21,24H,10-14H2,1H3,(H,22,23). The van der Waals surface area contributed by atoms with E-state index in [1.165, 1.54) is 11.1 Å². The molecule has 0 atom stereocenters. The number of piperidine rings is 1. The summed E-state index contributed by atoms with van der Waals surface area (Å²) in [6.45, 7) is 5.00. The normalized spacial score (nSPS) is 18.5. The van der Waals surface area contributed by atoms with Crippen LogP contribution < -0.4 is 16.0 Å². The number of nitrogens with zero attached hydrogens (tertiary/aromatic N) is 1. The first-order valence-corrected chi connectivity index (χ1v) is 8.72. The number of para-hydroxylation sites is 2. The Morgan fingerprint density at radius 1 is 1.04 bits per heavy atom. The summed E-state index contributed by atoms with van der Waals surface area (Å²) in [6, 6.07) is 16.8. The Bertz CT molecular complexity index is 760. The highest BCUT2D eigenvalue weighted by atomic mass is 15.2. The number of amidine groups is 1. The zero-order valence-corrected chi connectivity index (χ0v) is 14.1. The van der Waals surface area contributed by atoms with Gasteiger partial charge in [0.15, 0.2) is 0 Å². The van der Waals surface area contributed by atoms with Crippen molar-refractivity contribution >= 4 is 17.2 Å². The number of aryl methyl sites for hydroxylation is 1. The van der Waals surface area contributed by atoms with Crippen LogP contribution in [0, 0.1) is 6.92 Å². The number of hydrogen-bond donors (Lipinski definition) is 3. The summed E-state index contributed by atoms with van der Waals surface area (Å²) in [4.78, 5) is 4.98. The van der Waals surface area contributed by atoms with Crippen molar-refractivity contribution in [2.45, 2.75) is 31.8 Å². The molecule has 124 valence electrons. The third-order valence-corrected chi connectivity index (χ3v) is 5.13. The van der Waals surface area contributed by atoms with Gasteiger partial charge in [0, 0.05) is 6.54 Å². The van der Waals surface area contributed by atoms with Crippen molar-refractivity contribution in [2.24, 2.45) is 4.99 Å². The summed E-state index contributed by atoms with van der Waals surface area (Å²) in [6.07, 6.45) is 2.09. The van der Waals surface area contributed by atoms with Crippen LogP contribution in [-0.2, 0) is 6.54 Å². The number of benzene rings is 2. The monoisotopic (exact) mass is 320 g/mol. The van der Waals surface area contributed by atoms with Crippen molar-refractivity contribution in [1.29, 1.82) is 0 Å². The molecule has 0 bridgehead atoms. The second kappa shape index (κ2) is 6.29. The van der Waals surface area contributed by atoms with Gasteiger partial charge in [-0.2, -0.15) is 0 Å². The lowest BCUT2D eigenvalue weighted by Crippen LogP contribution is -2.58. The Kier molecular flexibility index (Phi) is 3.98. The van der Waals surface area contributed by atoms with Gasteiger partial charge in [0.1, 0.15) is 5.84 Å². The molecule has 0 unspecified atom stereocenters. The average Bonchev–Trinajstić information content (AvgIpc) is 2.62. The third-order valence-electron chi connectivity index (χ3n) is 5.13. The zero-order chi connectivity index (χ0) is 16.4. The molecule has 1 saturated heterocycles. The Balaban J connectivity index is 1.64. The summed E-state index contributed by atoms with van der Waals surface area (Å²) in [5.41, 5.74) is 4.72. The Morgan fingerprint density at radius 2 is 1.79 bits per heavy atom. The predicted octanol–water partition coefficient (Wildman–Crippen LogP) is 3.36. The fourth-order valence-electron chi connectivity index (χ4n) is 3.63. The van der Waals surface area contributed by atoms with Crippen molar-refractivity contribution in [3.05, 3.63) is 59.7 Å². The van der Waals surface area contributed by atoms with E-state index in [2.05, 4.69) is 65.3 Å². The fourth-order valence-corrected chi connectivity index (χ4v) is 3.63. The summed E-state index contributed by atoms with van der Waals surface area (Å²) >= 11 is 0. The second-order valence-electron chi connectivity index (χ2n) is 6.71. The molecule has 0 radical (unpaired) electrons. The molecule has 2 heterocycles. The lowest BCUT2D eigenvalue weighted by molar-refractivity contribution is 0.412. The lowest BCUT2D eigenvalue weighted by atomic mass is 9.85. The van der Waals surface area contributed by atoms with E-state index in [1.54, 1.807) is 0 Å². The van der Waals surface area contributed by atoms with Crippen molar-refractivity contribution in [3.63, 3.8) is 0 Å². The lowest BCUT2D eigenvalue weighted by Gasteiger charge is -2.43. The molecule has 1 fully saturated rings. The van der Waals surface area contributed by atoms with Crippen LogP contribution in [0.4, 0.5) is 11.4 Å². The molecule has 0 aliphatic carbocycles. The van der Waals surface area contributed by atoms with E-state index in [0.29, 0.717) is 0 Å². The van der Waals surface area contributed by atoms with Crippen LogP contribution in [0.15, 0.2) is 53.5 Å². The number of rotatable bonds is 2.